The Kier molecular flexibility index (Phi) is 6.58. The molecule has 0 atom stereocenters. The molecule has 0 aliphatic carbocycles. The van der Waals surface area contributed by atoms with Crippen LogP contribution in [0.2, 0.25) is 5.02 Å². The highest BCUT2D eigenvalue weighted by atomic mass is 35.5. The molecule has 1 amide bonds. The lowest BCUT2D eigenvalue weighted by Crippen LogP contribution is -2.30. The van der Waals surface area contributed by atoms with Crippen molar-refractivity contribution >= 4 is 29.2 Å². The standard InChI is InChI=1S/C13H15ClN2O6/c1-15(6-4-13(18)19)12(17)5-7-22-11-3-2-9(14)8-10(11)16(20)21/h2-3,8H,4-7H2,1H3,(H,18,19). The Labute approximate surface area is 131 Å². The number of carboxylic acid groups (broad SMARTS) is 1. The van der Waals surface area contributed by atoms with Crippen LogP contribution in [-0.2, 0) is 9.59 Å². The molecule has 0 aromatic heterocycles. The third-order valence-electron chi connectivity index (χ3n) is 2.78. The number of nitro benzene ring substituents is 1. The van der Waals surface area contributed by atoms with Crippen LogP contribution in [0.1, 0.15) is 12.8 Å². The Morgan fingerprint density at radius 2 is 2.09 bits per heavy atom. The van der Waals surface area contributed by atoms with E-state index in [1.165, 1.54) is 24.1 Å². The van der Waals surface area contributed by atoms with Crippen LogP contribution in [0.15, 0.2) is 18.2 Å². The molecule has 0 fully saturated rings. The van der Waals surface area contributed by atoms with Crippen molar-refractivity contribution in [2.45, 2.75) is 12.8 Å². The van der Waals surface area contributed by atoms with E-state index in [1.54, 1.807) is 0 Å². The molecular weight excluding hydrogens is 316 g/mol. The van der Waals surface area contributed by atoms with E-state index in [-0.39, 0.29) is 48.4 Å². The van der Waals surface area contributed by atoms with Crippen molar-refractivity contribution in [2.75, 3.05) is 20.2 Å². The van der Waals surface area contributed by atoms with E-state index < -0.39 is 10.9 Å². The van der Waals surface area contributed by atoms with Crippen LogP contribution in [0, 0.1) is 10.1 Å². The van der Waals surface area contributed by atoms with Gasteiger partial charge in [-0.3, -0.25) is 19.7 Å². The van der Waals surface area contributed by atoms with Gasteiger partial charge in [-0.25, -0.2) is 0 Å². The number of ether oxygens (including phenoxy) is 1. The zero-order valence-corrected chi connectivity index (χ0v) is 12.6. The molecule has 0 unspecified atom stereocenters. The summed E-state index contributed by atoms with van der Waals surface area (Å²) in [5.74, 6) is -1.28. The second-order valence-electron chi connectivity index (χ2n) is 4.43. The zero-order chi connectivity index (χ0) is 16.7. The normalized spacial score (nSPS) is 10.1. The topological polar surface area (TPSA) is 110 Å². The molecule has 1 rings (SSSR count). The minimum absolute atomic E-state index is 0.0180. The number of hydrogen-bond acceptors (Lipinski definition) is 5. The molecule has 1 aromatic rings. The number of rotatable bonds is 8. The number of halogens is 1. The number of carbonyl (C=O) groups excluding carboxylic acids is 1. The van der Waals surface area contributed by atoms with Crippen molar-refractivity contribution in [1.82, 2.24) is 4.90 Å². The molecule has 1 aromatic carbocycles. The fourth-order valence-electron chi connectivity index (χ4n) is 1.58. The van der Waals surface area contributed by atoms with Crippen LogP contribution in [0.5, 0.6) is 5.75 Å². The summed E-state index contributed by atoms with van der Waals surface area (Å²) in [5, 5.41) is 19.6. The monoisotopic (exact) mass is 330 g/mol. The second-order valence-corrected chi connectivity index (χ2v) is 4.86. The summed E-state index contributed by atoms with van der Waals surface area (Å²) in [5.41, 5.74) is -0.279. The molecule has 9 heteroatoms. The van der Waals surface area contributed by atoms with E-state index in [9.17, 15) is 19.7 Å². The molecule has 0 radical (unpaired) electrons. The number of aliphatic carboxylic acids is 1. The molecular formula is C13H15ClN2O6. The van der Waals surface area contributed by atoms with E-state index >= 15 is 0 Å². The van der Waals surface area contributed by atoms with Crippen molar-refractivity contribution in [1.29, 1.82) is 0 Å². The molecule has 0 saturated carbocycles. The number of hydrogen-bond donors (Lipinski definition) is 1. The van der Waals surface area contributed by atoms with Gasteiger partial charge in [-0.2, -0.15) is 0 Å². The van der Waals surface area contributed by atoms with Gasteiger partial charge in [0, 0.05) is 24.7 Å². The van der Waals surface area contributed by atoms with Crippen LogP contribution in [0.3, 0.4) is 0 Å². The Hall–Kier alpha value is -2.35. The first-order valence-electron chi connectivity index (χ1n) is 6.33. The maximum absolute atomic E-state index is 11.7. The number of carboxylic acids is 1. The predicted octanol–water partition coefficient (Wildman–Crippen LogP) is 1.95. The average molecular weight is 331 g/mol. The summed E-state index contributed by atoms with van der Waals surface area (Å²) in [4.78, 5) is 33.6. The molecule has 8 nitrogen and oxygen atoms in total. The SMILES string of the molecule is CN(CCC(=O)O)C(=O)CCOc1ccc(Cl)cc1[N+](=O)[O-]. The Morgan fingerprint density at radius 1 is 1.41 bits per heavy atom. The molecule has 0 spiro atoms. The van der Waals surface area contributed by atoms with E-state index in [2.05, 4.69) is 0 Å². The number of nitro groups is 1. The third-order valence-corrected chi connectivity index (χ3v) is 3.01. The lowest BCUT2D eigenvalue weighted by Gasteiger charge is -2.16. The number of nitrogens with zero attached hydrogens (tertiary/aromatic N) is 2. The van der Waals surface area contributed by atoms with Gasteiger partial charge in [0.1, 0.15) is 0 Å². The van der Waals surface area contributed by atoms with Crippen LogP contribution in [0.4, 0.5) is 5.69 Å². The maximum atomic E-state index is 11.7. The Morgan fingerprint density at radius 3 is 2.68 bits per heavy atom. The molecule has 0 aliphatic heterocycles. The Bertz CT molecular complexity index is 578. The van der Waals surface area contributed by atoms with Crippen LogP contribution in [-0.4, -0.2) is 47.0 Å². The fourth-order valence-corrected chi connectivity index (χ4v) is 1.75. The largest absolute Gasteiger partial charge is 0.486 e. The first-order chi connectivity index (χ1) is 10.3. The van der Waals surface area contributed by atoms with Gasteiger partial charge in [0.15, 0.2) is 5.75 Å². The van der Waals surface area contributed by atoms with E-state index in [0.717, 1.165) is 6.07 Å². The van der Waals surface area contributed by atoms with Gasteiger partial charge in [-0.1, -0.05) is 11.6 Å². The van der Waals surface area contributed by atoms with Crippen LogP contribution < -0.4 is 4.74 Å². The molecule has 1 N–H and O–H groups in total. The summed E-state index contributed by atoms with van der Waals surface area (Å²) in [7, 11) is 1.48. The van der Waals surface area contributed by atoms with E-state index in [0.29, 0.717) is 0 Å². The maximum Gasteiger partial charge on any atom is 0.312 e. The van der Waals surface area contributed by atoms with Gasteiger partial charge in [-0.05, 0) is 12.1 Å². The van der Waals surface area contributed by atoms with Crippen molar-refractivity contribution in [3.8, 4) is 5.75 Å². The third kappa shape index (κ3) is 5.57. The van der Waals surface area contributed by atoms with Gasteiger partial charge in [0.25, 0.3) is 0 Å². The fraction of sp³-hybridized carbons (Fsp3) is 0.385. The lowest BCUT2D eigenvalue weighted by molar-refractivity contribution is -0.385. The first-order valence-corrected chi connectivity index (χ1v) is 6.71. The van der Waals surface area contributed by atoms with Crippen molar-refractivity contribution < 1.29 is 24.4 Å². The smallest absolute Gasteiger partial charge is 0.312 e. The van der Waals surface area contributed by atoms with Crippen LogP contribution >= 0.6 is 11.6 Å². The first kappa shape index (κ1) is 17.7. The lowest BCUT2D eigenvalue weighted by atomic mass is 10.3. The predicted molar refractivity (Wildman–Crippen MR) is 78.1 cm³/mol. The van der Waals surface area contributed by atoms with Crippen LogP contribution in [0.25, 0.3) is 0 Å². The minimum Gasteiger partial charge on any atom is -0.486 e. The molecule has 0 heterocycles. The van der Waals surface area contributed by atoms with Gasteiger partial charge in [0.05, 0.1) is 24.4 Å². The number of benzene rings is 1. The summed E-state index contributed by atoms with van der Waals surface area (Å²) in [6, 6.07) is 3.97. The summed E-state index contributed by atoms with van der Waals surface area (Å²) in [6.07, 6.45) is -0.165. The number of carbonyl (C=O) groups is 2. The highest BCUT2D eigenvalue weighted by molar-refractivity contribution is 6.30. The molecule has 120 valence electrons. The van der Waals surface area contributed by atoms with Gasteiger partial charge < -0.3 is 14.7 Å². The minimum atomic E-state index is -0.993. The van der Waals surface area contributed by atoms with E-state index in [4.69, 9.17) is 21.4 Å². The Balaban J connectivity index is 2.52. The average Bonchev–Trinajstić information content (AvgIpc) is 2.45. The highest BCUT2D eigenvalue weighted by Crippen LogP contribution is 2.29. The van der Waals surface area contributed by atoms with Gasteiger partial charge >= 0.3 is 11.7 Å². The van der Waals surface area contributed by atoms with Gasteiger partial charge in [0.2, 0.25) is 5.91 Å². The van der Waals surface area contributed by atoms with Crippen molar-refractivity contribution in [2.24, 2.45) is 0 Å². The molecule has 0 saturated heterocycles. The quantitative estimate of drug-likeness (QED) is 0.576. The molecule has 22 heavy (non-hydrogen) atoms. The van der Waals surface area contributed by atoms with Gasteiger partial charge in [-0.15, -0.1) is 0 Å². The van der Waals surface area contributed by atoms with Crippen molar-refractivity contribution in [3.63, 3.8) is 0 Å². The summed E-state index contributed by atoms with van der Waals surface area (Å²) >= 11 is 5.68. The van der Waals surface area contributed by atoms with E-state index in [1.807, 2.05) is 0 Å². The summed E-state index contributed by atoms with van der Waals surface area (Å²) < 4.78 is 5.24. The van der Waals surface area contributed by atoms with Crippen molar-refractivity contribution in [3.05, 3.63) is 33.3 Å². The molecule has 0 bridgehead atoms. The second kappa shape index (κ2) is 8.18. The molecule has 0 aliphatic rings. The highest BCUT2D eigenvalue weighted by Gasteiger charge is 2.16. The zero-order valence-electron chi connectivity index (χ0n) is 11.8. The summed E-state index contributed by atoms with van der Waals surface area (Å²) in [6.45, 7) is 0.0357. The number of amides is 1.